The van der Waals surface area contributed by atoms with Gasteiger partial charge in [0.1, 0.15) is 0 Å². The average molecular weight is 552 g/mol. The maximum Gasteiger partial charge on any atom is 1.00 e. The van der Waals surface area contributed by atoms with Gasteiger partial charge in [-0.05, 0) is 31.0 Å². The van der Waals surface area contributed by atoms with Gasteiger partial charge in [0.15, 0.2) is 7.60 Å². The van der Waals surface area contributed by atoms with E-state index >= 15 is 0 Å². The fourth-order valence-electron chi connectivity index (χ4n) is 2.08. The van der Waals surface area contributed by atoms with E-state index in [1.54, 1.807) is 0 Å². The Labute approximate surface area is 205 Å². The van der Waals surface area contributed by atoms with Crippen molar-refractivity contribution in [2.24, 2.45) is 5.73 Å². The van der Waals surface area contributed by atoms with Crippen LogP contribution >= 0.6 is 30.2 Å². The summed E-state index contributed by atoms with van der Waals surface area (Å²) in [5.74, 6) is 0. The Morgan fingerprint density at radius 2 is 1.47 bits per heavy atom. The molecule has 1 rings (SSSR count). The molecule has 0 saturated heterocycles. The number of nitrogens with two attached hydrogens (primary N) is 1. The van der Waals surface area contributed by atoms with E-state index in [-0.39, 0.29) is 48.1 Å². The van der Waals surface area contributed by atoms with Crippen molar-refractivity contribution in [3.8, 4) is 0 Å². The minimum Gasteiger partial charge on any atom is -0.776 e. The van der Waals surface area contributed by atoms with Crippen LogP contribution in [0.4, 0.5) is 0 Å². The van der Waals surface area contributed by atoms with Crippen molar-refractivity contribution in [2.45, 2.75) is 29.4 Å². The molecule has 4 atom stereocenters. The van der Waals surface area contributed by atoms with Gasteiger partial charge in [-0.1, -0.05) is 6.07 Å². The minimum atomic E-state index is -5.66. The van der Waals surface area contributed by atoms with Crippen LogP contribution in [0.25, 0.3) is 0 Å². The number of pyridine rings is 1. The third-order valence-electron chi connectivity index (χ3n) is 3.93. The van der Waals surface area contributed by atoms with Gasteiger partial charge in [0.2, 0.25) is 17.5 Å². The van der Waals surface area contributed by atoms with Gasteiger partial charge in [-0.15, -0.1) is 0 Å². The van der Waals surface area contributed by atoms with Crippen LogP contribution in [0.2, 0.25) is 0 Å². The van der Waals surface area contributed by atoms with Gasteiger partial charge >= 0.3 is 44.7 Å². The Morgan fingerprint density at radius 1 is 1.00 bits per heavy atom. The standard InChI is InChI=1S/C7H11NO7P2.C5H15NO6P2.Na/c9-7(16(10,11)12,17(13,14)15)4-6-2-1-3-8-5-6;1-13(8,9)5(7,3-2-4-6)14(10,11)12;/h1-3,5,9H,4H2,(H2,10,11,12)(H2,13,14,15);7H,2-4,6H2,1H3,(H,8,9)(H2,10,11,12);/q;;+1/p-1. The first-order valence-corrected chi connectivity index (χ1v) is 15.0. The summed E-state index contributed by atoms with van der Waals surface area (Å²) < 4.78 is 44.0. The summed E-state index contributed by atoms with van der Waals surface area (Å²) in [6, 6.07) is 2.70. The van der Waals surface area contributed by atoms with Crippen LogP contribution in [0.5, 0.6) is 0 Å². The second kappa shape index (κ2) is 12.6. The topological polar surface area (TPSA) is 292 Å². The van der Waals surface area contributed by atoms with Crippen molar-refractivity contribution in [3.63, 3.8) is 0 Å². The molecule has 0 fully saturated rings. The summed E-state index contributed by atoms with van der Waals surface area (Å²) in [5.41, 5.74) is 5.15. The molecule has 0 aliphatic rings. The maximum atomic E-state index is 11.2. The van der Waals surface area contributed by atoms with Crippen molar-refractivity contribution in [3.05, 3.63) is 30.1 Å². The van der Waals surface area contributed by atoms with Crippen molar-refractivity contribution >= 4 is 30.2 Å². The predicted molar refractivity (Wildman–Crippen MR) is 106 cm³/mol. The second-order valence-corrected chi connectivity index (χ2v) is 15.1. The van der Waals surface area contributed by atoms with Gasteiger partial charge in [-0.2, -0.15) is 0 Å². The number of hydrogen-bond donors (Lipinski definition) is 9. The van der Waals surface area contributed by atoms with Gasteiger partial charge in [-0.25, -0.2) is 0 Å². The quantitative estimate of drug-likeness (QED) is 0.103. The van der Waals surface area contributed by atoms with Crippen LogP contribution in [0.15, 0.2) is 24.5 Å². The molecule has 10 N–H and O–H groups in total. The van der Waals surface area contributed by atoms with E-state index in [0.29, 0.717) is 6.66 Å². The molecule has 20 heteroatoms. The van der Waals surface area contributed by atoms with E-state index in [1.807, 2.05) is 0 Å². The third-order valence-corrected chi connectivity index (χ3v) is 12.2. The van der Waals surface area contributed by atoms with Crippen LogP contribution < -0.4 is 40.2 Å². The Kier molecular flexibility index (Phi) is 13.7. The van der Waals surface area contributed by atoms with E-state index in [2.05, 4.69) is 4.98 Å². The van der Waals surface area contributed by atoms with Crippen molar-refractivity contribution in [1.82, 2.24) is 4.98 Å². The Morgan fingerprint density at radius 3 is 1.75 bits per heavy atom. The Bertz CT molecular complexity index is 865. The first kappa shape index (κ1) is 34.8. The Hall–Kier alpha value is 0.670. The van der Waals surface area contributed by atoms with E-state index in [9.17, 15) is 33.4 Å². The smallest absolute Gasteiger partial charge is 0.776 e. The molecular weight excluding hydrogens is 527 g/mol. The molecule has 0 aliphatic carbocycles. The molecule has 0 amide bonds. The van der Waals surface area contributed by atoms with E-state index in [4.69, 9.17) is 35.1 Å². The third kappa shape index (κ3) is 9.03. The van der Waals surface area contributed by atoms with Crippen molar-refractivity contribution in [1.29, 1.82) is 0 Å². The molecular formula is C12H25N2NaO13P4. The molecule has 0 aliphatic heterocycles. The normalized spacial score (nSPS) is 19.6. The molecule has 1 heterocycles. The molecule has 0 radical (unpaired) electrons. The van der Waals surface area contributed by atoms with Crippen LogP contribution in [-0.4, -0.2) is 67.9 Å². The van der Waals surface area contributed by atoms with Crippen LogP contribution in [0.3, 0.4) is 0 Å². The van der Waals surface area contributed by atoms with Gasteiger partial charge in [-0.3, -0.25) is 18.7 Å². The number of nitrogens with zero attached hydrogens (tertiary/aromatic N) is 1. The molecule has 182 valence electrons. The first-order valence-electron chi connectivity index (χ1n) is 8.13. The summed E-state index contributed by atoms with van der Waals surface area (Å²) in [6.45, 7) is 0.783. The molecule has 4 unspecified atom stereocenters. The number of aromatic nitrogens is 1. The van der Waals surface area contributed by atoms with Crippen LogP contribution in [0, 0.1) is 0 Å². The average Bonchev–Trinajstić information content (AvgIpc) is 2.57. The summed E-state index contributed by atoms with van der Waals surface area (Å²) in [7, 11) is -20.5. The molecule has 0 spiro atoms. The predicted octanol–water partition coefficient (Wildman–Crippen LogP) is -4.55. The zero-order valence-corrected chi connectivity index (χ0v) is 22.6. The molecule has 0 saturated carbocycles. The SMILES string of the molecule is CP(=O)(O)C(O)(CCCN)P(=O)(O)O.O=P([O-])(O)C(O)(Cc1cccnc1)P(=O)(O)O.[Na+]. The van der Waals surface area contributed by atoms with E-state index in [0.717, 1.165) is 6.20 Å². The molecule has 0 bridgehead atoms. The summed E-state index contributed by atoms with van der Waals surface area (Å²) in [6.07, 6.45) is 1.08. The van der Waals surface area contributed by atoms with Gasteiger partial charge in [0.25, 0.3) is 0 Å². The zero-order chi connectivity index (χ0) is 24.9. The Balaban J connectivity index is 0. The van der Waals surface area contributed by atoms with Crippen molar-refractivity contribution < 1.29 is 92.3 Å². The van der Waals surface area contributed by atoms with Crippen LogP contribution in [0.1, 0.15) is 18.4 Å². The number of hydrogen-bond acceptors (Lipinski definition) is 9. The first-order chi connectivity index (χ1) is 13.6. The van der Waals surface area contributed by atoms with E-state index in [1.165, 1.54) is 18.3 Å². The fraction of sp³-hybridized carbons (Fsp3) is 0.583. The van der Waals surface area contributed by atoms with E-state index < -0.39 is 53.2 Å². The summed E-state index contributed by atoms with van der Waals surface area (Å²) in [4.78, 5) is 67.6. The number of rotatable bonds is 9. The number of aliphatic hydroxyl groups is 2. The minimum absolute atomic E-state index is 0. The molecule has 32 heavy (non-hydrogen) atoms. The van der Waals surface area contributed by atoms with Crippen LogP contribution in [-0.2, 0) is 24.7 Å². The fourth-order valence-corrected chi connectivity index (χ4v) is 7.12. The van der Waals surface area contributed by atoms with Gasteiger partial charge in [0.05, 0.1) is 0 Å². The second-order valence-electron chi connectivity index (χ2n) is 6.47. The van der Waals surface area contributed by atoms with Gasteiger partial charge in [0, 0.05) is 25.5 Å². The largest absolute Gasteiger partial charge is 1.00 e. The van der Waals surface area contributed by atoms with Gasteiger partial charge < -0.3 is 54.8 Å². The molecule has 1 aromatic rings. The maximum absolute atomic E-state index is 11.2. The summed E-state index contributed by atoms with van der Waals surface area (Å²) >= 11 is 0. The molecule has 1 aromatic heterocycles. The molecule has 15 nitrogen and oxygen atoms in total. The monoisotopic (exact) mass is 552 g/mol. The molecule has 0 aromatic carbocycles. The van der Waals surface area contributed by atoms with Crippen molar-refractivity contribution in [2.75, 3.05) is 13.2 Å². The zero-order valence-electron chi connectivity index (χ0n) is 17.1. The summed E-state index contributed by atoms with van der Waals surface area (Å²) in [5, 5.41) is 12.6.